The lowest BCUT2D eigenvalue weighted by Gasteiger charge is -2.17. The molecule has 0 saturated carbocycles. The molecule has 0 aliphatic carbocycles. The fourth-order valence-corrected chi connectivity index (χ4v) is 2.96. The number of nitrogens with zero attached hydrogens (tertiary/aromatic N) is 3. The molecular weight excluding hydrogens is 282 g/mol. The summed E-state index contributed by atoms with van der Waals surface area (Å²) >= 11 is 5.94. The van der Waals surface area contributed by atoms with E-state index in [9.17, 15) is 0 Å². The molecule has 3 nitrogen and oxygen atoms in total. The molecule has 2 heterocycles. The average molecular weight is 308 g/mol. The van der Waals surface area contributed by atoms with Gasteiger partial charge in [0.2, 0.25) is 0 Å². The Balaban J connectivity index is 2.30. The van der Waals surface area contributed by atoms with Gasteiger partial charge in [-0.15, -0.1) is 11.6 Å². The van der Waals surface area contributed by atoms with Crippen LogP contribution in [0.4, 0.5) is 0 Å². The first-order valence-corrected chi connectivity index (χ1v) is 8.46. The van der Waals surface area contributed by atoms with Crippen LogP contribution in [0.15, 0.2) is 12.1 Å². The standard InChI is InChI=1S/C17H26ClN3/c1-12(2)6-5-7-14(4)21-16(10-11-18)20-15-9-8-13(3)19-17(15)21/h8-9,12,14H,5-7,10-11H2,1-4H3. The molecule has 1 atom stereocenters. The maximum atomic E-state index is 5.94. The molecule has 116 valence electrons. The Labute approximate surface area is 132 Å². The molecule has 1 unspecified atom stereocenters. The first-order chi connectivity index (χ1) is 10.0. The van der Waals surface area contributed by atoms with Crippen molar-refractivity contribution in [1.82, 2.24) is 14.5 Å². The Kier molecular flexibility index (Phi) is 5.63. The van der Waals surface area contributed by atoms with E-state index in [1.54, 1.807) is 0 Å². The zero-order chi connectivity index (χ0) is 15.4. The van der Waals surface area contributed by atoms with E-state index in [2.05, 4.69) is 31.4 Å². The number of aromatic nitrogens is 3. The van der Waals surface area contributed by atoms with Gasteiger partial charge in [0, 0.05) is 24.0 Å². The van der Waals surface area contributed by atoms with Crippen molar-refractivity contribution in [2.45, 2.75) is 59.4 Å². The number of pyridine rings is 1. The number of fused-ring (bicyclic) bond motifs is 1. The summed E-state index contributed by atoms with van der Waals surface area (Å²) < 4.78 is 2.30. The topological polar surface area (TPSA) is 30.7 Å². The summed E-state index contributed by atoms with van der Waals surface area (Å²) in [6, 6.07) is 4.50. The summed E-state index contributed by atoms with van der Waals surface area (Å²) in [7, 11) is 0. The number of hydrogen-bond donors (Lipinski definition) is 0. The maximum Gasteiger partial charge on any atom is 0.160 e. The summed E-state index contributed by atoms with van der Waals surface area (Å²) in [4.78, 5) is 9.42. The summed E-state index contributed by atoms with van der Waals surface area (Å²) in [6.07, 6.45) is 4.47. The van der Waals surface area contributed by atoms with Crippen LogP contribution in [0.25, 0.3) is 11.2 Å². The molecule has 0 aromatic carbocycles. The second-order valence-corrected chi connectivity index (χ2v) is 6.68. The van der Waals surface area contributed by atoms with Gasteiger partial charge in [-0.3, -0.25) is 0 Å². The van der Waals surface area contributed by atoms with Gasteiger partial charge < -0.3 is 4.57 Å². The minimum Gasteiger partial charge on any atom is -0.310 e. The average Bonchev–Trinajstić information content (AvgIpc) is 2.76. The van der Waals surface area contributed by atoms with E-state index in [1.165, 1.54) is 12.8 Å². The van der Waals surface area contributed by atoms with Gasteiger partial charge in [0.25, 0.3) is 0 Å². The maximum absolute atomic E-state index is 5.94. The quantitative estimate of drug-likeness (QED) is 0.681. The highest BCUT2D eigenvalue weighted by molar-refractivity contribution is 6.17. The lowest BCUT2D eigenvalue weighted by Crippen LogP contribution is -2.11. The molecule has 0 bridgehead atoms. The van der Waals surface area contributed by atoms with Crippen LogP contribution >= 0.6 is 11.6 Å². The van der Waals surface area contributed by atoms with Crippen molar-refractivity contribution in [3.63, 3.8) is 0 Å². The van der Waals surface area contributed by atoms with Crippen molar-refractivity contribution in [3.05, 3.63) is 23.7 Å². The molecule has 0 saturated heterocycles. The van der Waals surface area contributed by atoms with Crippen LogP contribution in [0, 0.1) is 12.8 Å². The van der Waals surface area contributed by atoms with E-state index in [1.807, 2.05) is 13.0 Å². The number of aryl methyl sites for hydroxylation is 2. The van der Waals surface area contributed by atoms with Crippen LogP contribution in [-0.4, -0.2) is 20.4 Å². The van der Waals surface area contributed by atoms with Crippen LogP contribution < -0.4 is 0 Å². The molecule has 21 heavy (non-hydrogen) atoms. The van der Waals surface area contributed by atoms with Crippen molar-refractivity contribution in [1.29, 1.82) is 0 Å². The van der Waals surface area contributed by atoms with Crippen LogP contribution in [0.3, 0.4) is 0 Å². The summed E-state index contributed by atoms with van der Waals surface area (Å²) in [6.45, 7) is 8.85. The summed E-state index contributed by atoms with van der Waals surface area (Å²) in [5.41, 5.74) is 3.03. The van der Waals surface area contributed by atoms with Crippen molar-refractivity contribution in [2.75, 3.05) is 5.88 Å². The van der Waals surface area contributed by atoms with Crippen LogP contribution in [0.5, 0.6) is 0 Å². The van der Waals surface area contributed by atoms with Gasteiger partial charge in [0.05, 0.1) is 0 Å². The van der Waals surface area contributed by atoms with Gasteiger partial charge >= 0.3 is 0 Å². The highest BCUT2D eigenvalue weighted by Gasteiger charge is 2.16. The Bertz CT molecular complexity index is 589. The van der Waals surface area contributed by atoms with Crippen LogP contribution in [0.1, 0.15) is 57.6 Å². The lowest BCUT2D eigenvalue weighted by atomic mass is 10.0. The Hall–Kier alpha value is -1.09. The zero-order valence-electron chi connectivity index (χ0n) is 13.6. The van der Waals surface area contributed by atoms with E-state index >= 15 is 0 Å². The third-order valence-corrected chi connectivity index (χ3v) is 4.10. The Morgan fingerprint density at radius 2 is 1.90 bits per heavy atom. The minimum absolute atomic E-state index is 0.418. The molecule has 2 aromatic rings. The van der Waals surface area contributed by atoms with Gasteiger partial charge in [-0.25, -0.2) is 9.97 Å². The fourth-order valence-electron chi connectivity index (χ4n) is 2.79. The lowest BCUT2D eigenvalue weighted by molar-refractivity contribution is 0.444. The van der Waals surface area contributed by atoms with Crippen LogP contribution in [-0.2, 0) is 6.42 Å². The summed E-state index contributed by atoms with van der Waals surface area (Å²) in [5, 5.41) is 0. The Morgan fingerprint density at radius 1 is 1.14 bits per heavy atom. The first kappa shape index (κ1) is 16.3. The highest BCUT2D eigenvalue weighted by Crippen LogP contribution is 2.25. The molecule has 0 fully saturated rings. The molecule has 0 spiro atoms. The van der Waals surface area contributed by atoms with Gasteiger partial charge in [-0.1, -0.05) is 26.7 Å². The van der Waals surface area contributed by atoms with E-state index in [0.29, 0.717) is 11.9 Å². The molecule has 4 heteroatoms. The molecule has 0 amide bonds. The monoisotopic (exact) mass is 307 g/mol. The SMILES string of the molecule is Cc1ccc2nc(CCCl)n(C(C)CCCC(C)C)c2n1. The van der Waals surface area contributed by atoms with Crippen molar-refractivity contribution >= 4 is 22.8 Å². The molecule has 2 rings (SSSR count). The molecule has 0 radical (unpaired) electrons. The van der Waals surface area contributed by atoms with E-state index in [-0.39, 0.29) is 0 Å². The third kappa shape index (κ3) is 3.97. The van der Waals surface area contributed by atoms with Crippen molar-refractivity contribution in [3.8, 4) is 0 Å². The molecular formula is C17H26ClN3. The number of alkyl halides is 1. The second-order valence-electron chi connectivity index (χ2n) is 6.31. The highest BCUT2D eigenvalue weighted by atomic mass is 35.5. The normalized spacial score (nSPS) is 13.2. The first-order valence-electron chi connectivity index (χ1n) is 7.93. The van der Waals surface area contributed by atoms with Crippen molar-refractivity contribution < 1.29 is 0 Å². The zero-order valence-corrected chi connectivity index (χ0v) is 14.3. The van der Waals surface area contributed by atoms with Crippen LogP contribution in [0.2, 0.25) is 0 Å². The van der Waals surface area contributed by atoms with E-state index in [4.69, 9.17) is 21.6 Å². The minimum atomic E-state index is 0.418. The predicted molar refractivity (Wildman–Crippen MR) is 90.1 cm³/mol. The predicted octanol–water partition coefficient (Wildman–Crippen LogP) is 4.91. The van der Waals surface area contributed by atoms with Crippen molar-refractivity contribution in [2.24, 2.45) is 5.92 Å². The molecule has 0 N–H and O–H groups in total. The second kappa shape index (κ2) is 7.26. The van der Waals surface area contributed by atoms with Gasteiger partial charge in [0.15, 0.2) is 5.65 Å². The molecule has 0 aliphatic rings. The van der Waals surface area contributed by atoms with Gasteiger partial charge in [0.1, 0.15) is 11.3 Å². The smallest absolute Gasteiger partial charge is 0.160 e. The third-order valence-electron chi connectivity index (χ3n) is 3.91. The molecule has 2 aromatic heterocycles. The van der Waals surface area contributed by atoms with E-state index in [0.717, 1.165) is 41.4 Å². The molecule has 0 aliphatic heterocycles. The van der Waals surface area contributed by atoms with E-state index < -0.39 is 0 Å². The van der Waals surface area contributed by atoms with Gasteiger partial charge in [-0.2, -0.15) is 0 Å². The van der Waals surface area contributed by atoms with Gasteiger partial charge in [-0.05, 0) is 38.3 Å². The number of rotatable bonds is 7. The number of imidazole rings is 1. The number of halogens is 1. The number of hydrogen-bond acceptors (Lipinski definition) is 2. The fraction of sp³-hybridized carbons (Fsp3) is 0.647. The summed E-state index contributed by atoms with van der Waals surface area (Å²) in [5.74, 6) is 2.43. The Morgan fingerprint density at radius 3 is 2.57 bits per heavy atom. The largest absolute Gasteiger partial charge is 0.310 e.